The third-order valence-electron chi connectivity index (χ3n) is 2.45. The minimum atomic E-state index is 0.579. The Morgan fingerprint density at radius 1 is 1.33 bits per heavy atom. The van der Waals surface area contributed by atoms with Gasteiger partial charge in [-0.3, -0.25) is 0 Å². The van der Waals surface area contributed by atoms with Crippen LogP contribution in [-0.4, -0.2) is 15.0 Å². The molecule has 1 fully saturated rings. The Bertz CT molecular complexity index is 253. The molecule has 1 aliphatic rings. The topological polar surface area (TPSA) is 30.7 Å². The zero-order chi connectivity index (χ0) is 8.39. The van der Waals surface area contributed by atoms with Crippen LogP contribution in [0.2, 0.25) is 0 Å². The van der Waals surface area contributed by atoms with Crippen molar-refractivity contribution in [2.75, 3.05) is 0 Å². The number of rotatable bonds is 1. The van der Waals surface area contributed by atoms with Crippen LogP contribution in [0, 0.1) is 0 Å². The molecule has 1 heterocycles. The molecule has 66 valence electrons. The smallest absolute Gasteiger partial charge is 0.124 e. The molecule has 0 radical (unpaired) electrons. The van der Waals surface area contributed by atoms with Crippen molar-refractivity contribution < 1.29 is 0 Å². The molecule has 4 heteroatoms. The number of hydrogen-bond acceptors (Lipinski definition) is 2. The van der Waals surface area contributed by atoms with E-state index >= 15 is 0 Å². The van der Waals surface area contributed by atoms with E-state index in [1.807, 2.05) is 4.68 Å². The lowest BCUT2D eigenvalue weighted by Gasteiger charge is -2.21. The van der Waals surface area contributed by atoms with Gasteiger partial charge in [0.05, 0.1) is 12.2 Å². The van der Waals surface area contributed by atoms with Crippen molar-refractivity contribution in [2.45, 2.75) is 38.1 Å². The first kappa shape index (κ1) is 8.23. The molecule has 1 aliphatic carbocycles. The second-order valence-electron chi connectivity index (χ2n) is 3.29. The number of hydrogen-bond donors (Lipinski definition) is 0. The normalized spacial score (nSPS) is 19.8. The lowest BCUT2D eigenvalue weighted by atomic mass is 9.96. The van der Waals surface area contributed by atoms with Crippen LogP contribution in [0.3, 0.4) is 0 Å². The van der Waals surface area contributed by atoms with Gasteiger partial charge < -0.3 is 0 Å². The molecule has 0 amide bonds. The van der Waals surface area contributed by atoms with Gasteiger partial charge in [-0.05, 0) is 28.8 Å². The van der Waals surface area contributed by atoms with Crippen molar-refractivity contribution in [1.82, 2.24) is 15.0 Å². The second-order valence-corrected chi connectivity index (χ2v) is 4.11. The van der Waals surface area contributed by atoms with Gasteiger partial charge in [-0.25, -0.2) is 4.68 Å². The van der Waals surface area contributed by atoms with Crippen LogP contribution in [0.15, 0.2) is 10.8 Å². The van der Waals surface area contributed by atoms with Crippen molar-refractivity contribution in [3.05, 3.63) is 10.8 Å². The first-order valence-electron chi connectivity index (χ1n) is 4.43. The van der Waals surface area contributed by atoms with E-state index in [1.165, 1.54) is 32.1 Å². The van der Waals surface area contributed by atoms with Gasteiger partial charge in [-0.2, -0.15) is 0 Å². The van der Waals surface area contributed by atoms with Gasteiger partial charge in [0.2, 0.25) is 0 Å². The number of aromatic nitrogens is 3. The summed E-state index contributed by atoms with van der Waals surface area (Å²) in [5.41, 5.74) is 0. The summed E-state index contributed by atoms with van der Waals surface area (Å²) in [7, 11) is 0. The van der Waals surface area contributed by atoms with E-state index in [0.717, 1.165) is 4.60 Å². The fourth-order valence-electron chi connectivity index (χ4n) is 1.80. The summed E-state index contributed by atoms with van der Waals surface area (Å²) in [5, 5.41) is 7.92. The van der Waals surface area contributed by atoms with E-state index in [9.17, 15) is 0 Å². The molecule has 0 aliphatic heterocycles. The van der Waals surface area contributed by atoms with E-state index in [0.29, 0.717) is 6.04 Å². The van der Waals surface area contributed by atoms with Crippen LogP contribution in [0.5, 0.6) is 0 Å². The SMILES string of the molecule is Brc1cnnn1C1CCCCC1. The van der Waals surface area contributed by atoms with E-state index in [-0.39, 0.29) is 0 Å². The molecule has 0 unspecified atom stereocenters. The van der Waals surface area contributed by atoms with E-state index in [2.05, 4.69) is 26.2 Å². The largest absolute Gasteiger partial charge is 0.235 e. The van der Waals surface area contributed by atoms with Crippen LogP contribution in [-0.2, 0) is 0 Å². The first-order chi connectivity index (χ1) is 5.88. The Morgan fingerprint density at radius 3 is 2.67 bits per heavy atom. The van der Waals surface area contributed by atoms with Crippen LogP contribution in [0.4, 0.5) is 0 Å². The number of nitrogens with zero attached hydrogens (tertiary/aromatic N) is 3. The maximum atomic E-state index is 4.06. The highest BCUT2D eigenvalue weighted by atomic mass is 79.9. The molecule has 3 nitrogen and oxygen atoms in total. The standard InChI is InChI=1S/C8H12BrN3/c9-8-6-10-11-12(8)7-4-2-1-3-5-7/h6-7H,1-5H2. The summed E-state index contributed by atoms with van der Waals surface area (Å²) in [4.78, 5) is 0. The molecular formula is C8H12BrN3. The maximum Gasteiger partial charge on any atom is 0.124 e. The predicted molar refractivity (Wildman–Crippen MR) is 49.8 cm³/mol. The first-order valence-corrected chi connectivity index (χ1v) is 5.23. The summed E-state index contributed by atoms with van der Waals surface area (Å²) in [5.74, 6) is 0. The van der Waals surface area contributed by atoms with Crippen molar-refractivity contribution in [2.24, 2.45) is 0 Å². The van der Waals surface area contributed by atoms with Gasteiger partial charge in [-0.1, -0.05) is 24.5 Å². The van der Waals surface area contributed by atoms with Gasteiger partial charge in [0.15, 0.2) is 0 Å². The highest BCUT2D eigenvalue weighted by molar-refractivity contribution is 9.10. The fraction of sp³-hybridized carbons (Fsp3) is 0.750. The summed E-state index contributed by atoms with van der Waals surface area (Å²) in [6.07, 6.45) is 8.30. The minimum absolute atomic E-state index is 0.579. The fourth-order valence-corrected chi connectivity index (χ4v) is 2.26. The molecule has 0 saturated heterocycles. The van der Waals surface area contributed by atoms with Crippen molar-refractivity contribution in [3.8, 4) is 0 Å². The molecule has 2 rings (SSSR count). The monoisotopic (exact) mass is 229 g/mol. The average molecular weight is 230 g/mol. The minimum Gasteiger partial charge on any atom is -0.235 e. The molecule has 0 aromatic carbocycles. The van der Waals surface area contributed by atoms with Gasteiger partial charge in [-0.15, -0.1) is 5.10 Å². The Hall–Kier alpha value is -0.380. The van der Waals surface area contributed by atoms with Crippen LogP contribution in [0.25, 0.3) is 0 Å². The second kappa shape index (κ2) is 3.56. The van der Waals surface area contributed by atoms with E-state index in [4.69, 9.17) is 0 Å². The lowest BCUT2D eigenvalue weighted by molar-refractivity contribution is 0.320. The van der Waals surface area contributed by atoms with Crippen molar-refractivity contribution in [1.29, 1.82) is 0 Å². The van der Waals surface area contributed by atoms with E-state index < -0.39 is 0 Å². The Kier molecular flexibility index (Phi) is 2.44. The molecule has 0 N–H and O–H groups in total. The lowest BCUT2D eigenvalue weighted by Crippen LogP contribution is -2.14. The molecule has 12 heavy (non-hydrogen) atoms. The zero-order valence-electron chi connectivity index (χ0n) is 6.91. The van der Waals surface area contributed by atoms with Crippen LogP contribution in [0.1, 0.15) is 38.1 Å². The third-order valence-corrected chi connectivity index (χ3v) is 3.02. The quantitative estimate of drug-likeness (QED) is 0.742. The van der Waals surface area contributed by atoms with Crippen molar-refractivity contribution >= 4 is 15.9 Å². The highest BCUT2D eigenvalue weighted by Gasteiger charge is 2.17. The van der Waals surface area contributed by atoms with Gasteiger partial charge in [0.1, 0.15) is 4.60 Å². The Balaban J connectivity index is 2.13. The highest BCUT2D eigenvalue weighted by Crippen LogP contribution is 2.29. The van der Waals surface area contributed by atoms with Gasteiger partial charge in [0.25, 0.3) is 0 Å². The molecular weight excluding hydrogens is 218 g/mol. The van der Waals surface area contributed by atoms with Crippen LogP contribution >= 0.6 is 15.9 Å². The zero-order valence-corrected chi connectivity index (χ0v) is 8.50. The molecule has 0 atom stereocenters. The molecule has 1 aromatic heterocycles. The van der Waals surface area contributed by atoms with Gasteiger partial charge >= 0.3 is 0 Å². The molecule has 0 spiro atoms. The molecule has 0 bridgehead atoms. The third kappa shape index (κ3) is 1.53. The summed E-state index contributed by atoms with van der Waals surface area (Å²) in [6.45, 7) is 0. The van der Waals surface area contributed by atoms with Gasteiger partial charge in [0, 0.05) is 0 Å². The van der Waals surface area contributed by atoms with E-state index in [1.54, 1.807) is 6.20 Å². The average Bonchev–Trinajstić information content (AvgIpc) is 2.53. The van der Waals surface area contributed by atoms with Crippen molar-refractivity contribution in [3.63, 3.8) is 0 Å². The molecule has 1 saturated carbocycles. The predicted octanol–water partition coefficient (Wildman–Crippen LogP) is 2.55. The Morgan fingerprint density at radius 2 is 2.08 bits per heavy atom. The summed E-state index contributed by atoms with van der Waals surface area (Å²) in [6, 6.07) is 0.579. The van der Waals surface area contributed by atoms with Crippen LogP contribution < -0.4 is 0 Å². The summed E-state index contributed by atoms with van der Waals surface area (Å²) >= 11 is 3.44. The number of halogens is 1. The molecule has 1 aromatic rings. The Labute approximate surface area is 80.3 Å². The summed E-state index contributed by atoms with van der Waals surface area (Å²) < 4.78 is 3.01. The maximum absolute atomic E-state index is 4.06.